The molecule has 3 rings (SSSR count). The highest BCUT2D eigenvalue weighted by molar-refractivity contribution is 5.86. The van der Waals surface area contributed by atoms with Crippen LogP contribution in [0.4, 0.5) is 0 Å². The maximum Gasteiger partial charge on any atom is 0.306 e. The van der Waals surface area contributed by atoms with Gasteiger partial charge in [0.1, 0.15) is 5.75 Å². The third-order valence-corrected chi connectivity index (χ3v) is 5.33. The number of likely N-dealkylation sites (tertiary alicyclic amines) is 1. The first-order chi connectivity index (χ1) is 11.0. The molecule has 1 saturated carbocycles. The molecule has 0 radical (unpaired) electrons. The Bertz CT molecular complexity index is 598. The highest BCUT2D eigenvalue weighted by Crippen LogP contribution is 2.47. The highest BCUT2D eigenvalue weighted by atomic mass is 16.5. The number of nitrogens with zero attached hydrogens (tertiary/aromatic N) is 1. The lowest BCUT2D eigenvalue weighted by molar-refractivity contribution is -0.147. The number of carboxylic acid groups (broad SMARTS) is 1. The molecule has 2 aliphatic rings. The quantitative estimate of drug-likeness (QED) is 0.927. The van der Waals surface area contributed by atoms with Crippen LogP contribution in [0.25, 0.3) is 0 Å². The van der Waals surface area contributed by atoms with E-state index in [0.717, 1.165) is 37.1 Å². The molecule has 1 spiro atoms. The van der Waals surface area contributed by atoms with Gasteiger partial charge in [-0.15, -0.1) is 0 Å². The molecule has 23 heavy (non-hydrogen) atoms. The number of benzene rings is 1. The van der Waals surface area contributed by atoms with E-state index in [9.17, 15) is 14.7 Å². The minimum Gasteiger partial charge on any atom is -0.497 e. The Balaban J connectivity index is 1.69. The van der Waals surface area contributed by atoms with Crippen molar-refractivity contribution in [1.29, 1.82) is 0 Å². The molecule has 2 atom stereocenters. The van der Waals surface area contributed by atoms with Crippen LogP contribution in [0.3, 0.4) is 0 Å². The fraction of sp³-hybridized carbons (Fsp3) is 0.556. The molecule has 1 aromatic rings. The molecule has 0 aromatic heterocycles. The molecule has 2 unspecified atom stereocenters. The van der Waals surface area contributed by atoms with Gasteiger partial charge < -0.3 is 14.7 Å². The predicted molar refractivity (Wildman–Crippen MR) is 85.1 cm³/mol. The van der Waals surface area contributed by atoms with E-state index in [1.54, 1.807) is 7.11 Å². The van der Waals surface area contributed by atoms with E-state index in [0.29, 0.717) is 19.4 Å². The Morgan fingerprint density at radius 2 is 2.09 bits per heavy atom. The Morgan fingerprint density at radius 1 is 1.35 bits per heavy atom. The number of rotatable bonds is 4. The summed E-state index contributed by atoms with van der Waals surface area (Å²) in [6, 6.07) is 7.73. The summed E-state index contributed by atoms with van der Waals surface area (Å²) in [4.78, 5) is 26.1. The van der Waals surface area contributed by atoms with Gasteiger partial charge in [0, 0.05) is 13.1 Å². The van der Waals surface area contributed by atoms with Gasteiger partial charge in [-0.1, -0.05) is 18.6 Å². The second-order valence-corrected chi connectivity index (χ2v) is 6.74. The first kappa shape index (κ1) is 15.8. The van der Waals surface area contributed by atoms with Crippen LogP contribution in [-0.4, -0.2) is 35.5 Å². The monoisotopic (exact) mass is 317 g/mol. The van der Waals surface area contributed by atoms with Gasteiger partial charge in [0.25, 0.3) is 0 Å². The third-order valence-electron chi connectivity index (χ3n) is 5.33. The van der Waals surface area contributed by atoms with Crippen LogP contribution < -0.4 is 4.74 Å². The zero-order valence-electron chi connectivity index (χ0n) is 13.5. The summed E-state index contributed by atoms with van der Waals surface area (Å²) >= 11 is 0. The van der Waals surface area contributed by atoms with Crippen molar-refractivity contribution in [2.24, 2.45) is 11.3 Å². The lowest BCUT2D eigenvalue weighted by atomic mass is 9.68. The van der Waals surface area contributed by atoms with Gasteiger partial charge in [0.2, 0.25) is 5.91 Å². The van der Waals surface area contributed by atoms with Crippen molar-refractivity contribution >= 4 is 11.9 Å². The van der Waals surface area contributed by atoms with Crippen LogP contribution >= 0.6 is 0 Å². The molecule has 1 N–H and O–H groups in total. The SMILES string of the molecule is COc1ccc(CN2CCC3(CCCC(C(=O)O)C3)C2=O)cc1. The zero-order valence-corrected chi connectivity index (χ0v) is 13.5. The molecule has 1 aliphatic carbocycles. The van der Waals surface area contributed by atoms with Gasteiger partial charge in [-0.25, -0.2) is 0 Å². The smallest absolute Gasteiger partial charge is 0.306 e. The minimum atomic E-state index is -0.759. The number of ether oxygens (including phenoxy) is 1. The van der Waals surface area contributed by atoms with Gasteiger partial charge in [-0.2, -0.15) is 0 Å². The zero-order chi connectivity index (χ0) is 16.4. The molecular weight excluding hydrogens is 294 g/mol. The van der Waals surface area contributed by atoms with E-state index in [4.69, 9.17) is 4.74 Å². The van der Waals surface area contributed by atoms with E-state index < -0.39 is 11.4 Å². The maximum absolute atomic E-state index is 12.9. The topological polar surface area (TPSA) is 66.8 Å². The van der Waals surface area contributed by atoms with Crippen LogP contribution in [-0.2, 0) is 16.1 Å². The molecule has 1 amide bonds. The Morgan fingerprint density at radius 3 is 2.74 bits per heavy atom. The van der Waals surface area contributed by atoms with Crippen molar-refractivity contribution in [3.63, 3.8) is 0 Å². The second-order valence-electron chi connectivity index (χ2n) is 6.74. The first-order valence-electron chi connectivity index (χ1n) is 8.19. The van der Waals surface area contributed by atoms with Crippen LogP contribution in [0.1, 0.15) is 37.7 Å². The highest BCUT2D eigenvalue weighted by Gasteiger charge is 2.50. The van der Waals surface area contributed by atoms with E-state index in [2.05, 4.69) is 0 Å². The van der Waals surface area contributed by atoms with Crippen molar-refractivity contribution in [2.45, 2.75) is 38.6 Å². The van der Waals surface area contributed by atoms with Crippen LogP contribution in [0.2, 0.25) is 0 Å². The normalized spacial score (nSPS) is 27.4. The molecule has 124 valence electrons. The average Bonchev–Trinajstić information content (AvgIpc) is 2.85. The van der Waals surface area contributed by atoms with Crippen molar-refractivity contribution in [3.05, 3.63) is 29.8 Å². The predicted octanol–water partition coefficient (Wildman–Crippen LogP) is 2.69. The van der Waals surface area contributed by atoms with E-state index in [1.165, 1.54) is 0 Å². The molecule has 0 bridgehead atoms. The second kappa shape index (κ2) is 6.22. The fourth-order valence-corrected chi connectivity index (χ4v) is 3.99. The number of carboxylic acids is 1. The summed E-state index contributed by atoms with van der Waals surface area (Å²) in [5.74, 6) is -0.187. The molecule has 1 saturated heterocycles. The summed E-state index contributed by atoms with van der Waals surface area (Å²) in [7, 11) is 1.63. The van der Waals surface area contributed by atoms with Crippen LogP contribution in [0.5, 0.6) is 5.75 Å². The lowest BCUT2D eigenvalue weighted by Crippen LogP contribution is -2.39. The van der Waals surface area contributed by atoms with Gasteiger partial charge in [-0.3, -0.25) is 9.59 Å². The largest absolute Gasteiger partial charge is 0.497 e. The Hall–Kier alpha value is -2.04. The summed E-state index contributed by atoms with van der Waals surface area (Å²) in [6.07, 6.45) is 3.64. The summed E-state index contributed by atoms with van der Waals surface area (Å²) in [5.41, 5.74) is 0.634. The molecule has 1 aromatic carbocycles. The van der Waals surface area contributed by atoms with Crippen molar-refractivity contribution in [1.82, 2.24) is 4.90 Å². The third kappa shape index (κ3) is 3.05. The van der Waals surface area contributed by atoms with E-state index >= 15 is 0 Å². The first-order valence-corrected chi connectivity index (χ1v) is 8.19. The van der Waals surface area contributed by atoms with E-state index in [-0.39, 0.29) is 11.8 Å². The molecule has 2 fully saturated rings. The van der Waals surface area contributed by atoms with Crippen LogP contribution in [0.15, 0.2) is 24.3 Å². The Kier molecular flexibility index (Phi) is 4.28. The average molecular weight is 317 g/mol. The number of amides is 1. The Labute approximate surface area is 136 Å². The molecular formula is C18H23NO4. The number of carbonyl (C=O) groups excluding carboxylic acids is 1. The number of aliphatic carboxylic acids is 1. The van der Waals surface area contributed by atoms with E-state index in [1.807, 2.05) is 29.2 Å². The number of hydrogen-bond acceptors (Lipinski definition) is 3. The molecule has 1 heterocycles. The fourth-order valence-electron chi connectivity index (χ4n) is 3.99. The van der Waals surface area contributed by atoms with Crippen molar-refractivity contribution in [3.8, 4) is 5.75 Å². The van der Waals surface area contributed by atoms with Gasteiger partial charge in [-0.05, 0) is 43.4 Å². The number of hydrogen-bond donors (Lipinski definition) is 1. The summed E-state index contributed by atoms with van der Waals surface area (Å²) in [6.45, 7) is 1.31. The number of methoxy groups -OCH3 is 1. The van der Waals surface area contributed by atoms with Gasteiger partial charge in [0.05, 0.1) is 18.4 Å². The molecule has 5 nitrogen and oxygen atoms in total. The standard InChI is InChI=1S/C18H23NO4/c1-23-15-6-4-13(5-7-15)12-19-10-9-18(17(19)22)8-2-3-14(11-18)16(20)21/h4-7,14H,2-3,8-12H2,1H3,(H,20,21). The maximum atomic E-state index is 12.9. The van der Waals surface area contributed by atoms with Gasteiger partial charge >= 0.3 is 5.97 Å². The molecule has 5 heteroatoms. The van der Waals surface area contributed by atoms with Gasteiger partial charge in [0.15, 0.2) is 0 Å². The van der Waals surface area contributed by atoms with Crippen LogP contribution in [0, 0.1) is 11.3 Å². The van der Waals surface area contributed by atoms with Crippen molar-refractivity contribution in [2.75, 3.05) is 13.7 Å². The number of carbonyl (C=O) groups is 2. The summed E-state index contributed by atoms with van der Waals surface area (Å²) < 4.78 is 5.15. The minimum absolute atomic E-state index is 0.138. The lowest BCUT2D eigenvalue weighted by Gasteiger charge is -2.34. The van der Waals surface area contributed by atoms with Crippen molar-refractivity contribution < 1.29 is 19.4 Å². The molecule has 1 aliphatic heterocycles. The summed E-state index contributed by atoms with van der Waals surface area (Å²) in [5, 5.41) is 9.28.